The fourth-order valence-corrected chi connectivity index (χ4v) is 5.34. The molecule has 0 spiro atoms. The van der Waals surface area contributed by atoms with Crippen LogP contribution in [0.1, 0.15) is 45.2 Å². The van der Waals surface area contributed by atoms with Crippen LogP contribution in [0.25, 0.3) is 6.08 Å². The first kappa shape index (κ1) is 18.9. The summed E-state index contributed by atoms with van der Waals surface area (Å²) in [6, 6.07) is 5.45. The predicted molar refractivity (Wildman–Crippen MR) is 104 cm³/mol. The van der Waals surface area contributed by atoms with Crippen LogP contribution >= 0.6 is 11.6 Å². The summed E-state index contributed by atoms with van der Waals surface area (Å²) in [5.41, 5.74) is 4.00. The lowest BCUT2D eigenvalue weighted by molar-refractivity contribution is 0.104. The van der Waals surface area contributed by atoms with E-state index in [-0.39, 0.29) is 23.3 Å². The van der Waals surface area contributed by atoms with Crippen molar-refractivity contribution in [2.75, 3.05) is 11.5 Å². The zero-order valence-electron chi connectivity index (χ0n) is 15.0. The highest BCUT2D eigenvalue weighted by Gasteiger charge is 2.31. The van der Waals surface area contributed by atoms with Crippen molar-refractivity contribution in [3.63, 3.8) is 0 Å². The second kappa shape index (κ2) is 7.00. The van der Waals surface area contributed by atoms with Gasteiger partial charge in [-0.15, -0.1) is 0 Å². The summed E-state index contributed by atoms with van der Waals surface area (Å²) in [5.74, 6) is 0.107. The summed E-state index contributed by atoms with van der Waals surface area (Å²) in [5, 5.41) is 4.77. The Morgan fingerprint density at radius 1 is 1.31 bits per heavy atom. The number of ketones is 1. The molecule has 1 atom stereocenters. The molecule has 26 heavy (non-hydrogen) atoms. The fraction of sp³-hybridized carbons (Fsp3) is 0.368. The van der Waals surface area contributed by atoms with Crippen molar-refractivity contribution in [2.45, 2.75) is 33.2 Å². The van der Waals surface area contributed by atoms with Crippen LogP contribution in [0.4, 0.5) is 0 Å². The van der Waals surface area contributed by atoms with Crippen LogP contribution < -0.4 is 0 Å². The minimum Gasteiger partial charge on any atom is -0.289 e. The molecule has 0 radical (unpaired) electrons. The lowest BCUT2D eigenvalue weighted by Crippen LogP contribution is -2.12. The number of carbonyl (C=O) groups is 1. The molecule has 0 saturated carbocycles. The first-order valence-corrected chi connectivity index (χ1v) is 10.6. The number of carbonyl (C=O) groups excluding carboxylic acids is 1. The largest absolute Gasteiger partial charge is 0.289 e. The van der Waals surface area contributed by atoms with Crippen LogP contribution in [0.3, 0.4) is 0 Å². The SMILES string of the molecule is Cc1ccc(C(=O)/C=C/c2c(C)nn([C@H]3CCS(=O)(=O)C3)c2Cl)c(C)c1. The summed E-state index contributed by atoms with van der Waals surface area (Å²) < 4.78 is 25.0. The van der Waals surface area contributed by atoms with E-state index in [4.69, 9.17) is 11.6 Å². The van der Waals surface area contributed by atoms with Gasteiger partial charge in [0, 0.05) is 11.1 Å². The summed E-state index contributed by atoms with van der Waals surface area (Å²) in [4.78, 5) is 12.5. The van der Waals surface area contributed by atoms with E-state index in [0.717, 1.165) is 11.1 Å². The third-order valence-corrected chi connectivity index (χ3v) is 6.80. The van der Waals surface area contributed by atoms with Gasteiger partial charge in [-0.25, -0.2) is 13.1 Å². The Bertz CT molecular complexity index is 1010. The molecule has 5 nitrogen and oxygen atoms in total. The van der Waals surface area contributed by atoms with E-state index in [1.807, 2.05) is 32.0 Å². The summed E-state index contributed by atoms with van der Waals surface area (Å²) in [7, 11) is -3.03. The number of sulfone groups is 1. The average molecular weight is 393 g/mol. The minimum absolute atomic E-state index is 0.0541. The molecule has 0 amide bonds. The van der Waals surface area contributed by atoms with Crippen LogP contribution in [-0.2, 0) is 9.84 Å². The van der Waals surface area contributed by atoms with Gasteiger partial charge in [0.05, 0.1) is 23.2 Å². The van der Waals surface area contributed by atoms with Crippen LogP contribution in [0.5, 0.6) is 0 Å². The number of benzene rings is 1. The number of hydrogen-bond acceptors (Lipinski definition) is 4. The number of aromatic nitrogens is 2. The molecule has 2 heterocycles. The lowest BCUT2D eigenvalue weighted by Gasteiger charge is -2.09. The van der Waals surface area contributed by atoms with Gasteiger partial charge in [-0.3, -0.25) is 4.79 Å². The van der Waals surface area contributed by atoms with Crippen LogP contribution in [0.2, 0.25) is 5.15 Å². The zero-order chi connectivity index (χ0) is 19.1. The minimum atomic E-state index is -3.03. The maximum atomic E-state index is 12.5. The first-order chi connectivity index (χ1) is 12.2. The fourth-order valence-electron chi connectivity index (χ4n) is 3.27. The van der Waals surface area contributed by atoms with Crippen LogP contribution in [0, 0.1) is 20.8 Å². The van der Waals surface area contributed by atoms with Gasteiger partial charge in [-0.05, 0) is 44.9 Å². The molecule has 7 heteroatoms. The summed E-state index contributed by atoms with van der Waals surface area (Å²) in [6.45, 7) is 5.69. The molecule has 0 N–H and O–H groups in total. The quantitative estimate of drug-likeness (QED) is 0.587. The van der Waals surface area contributed by atoms with Gasteiger partial charge in [-0.1, -0.05) is 35.4 Å². The Hall–Kier alpha value is -1.92. The molecule has 1 aromatic heterocycles. The van der Waals surface area contributed by atoms with E-state index in [1.54, 1.807) is 17.7 Å². The molecular formula is C19H21ClN2O3S. The number of aryl methyl sites for hydroxylation is 3. The molecule has 0 bridgehead atoms. The third kappa shape index (κ3) is 3.76. The van der Waals surface area contributed by atoms with Crippen molar-refractivity contribution in [1.82, 2.24) is 9.78 Å². The number of nitrogens with zero attached hydrogens (tertiary/aromatic N) is 2. The molecule has 1 aromatic carbocycles. The predicted octanol–water partition coefficient (Wildman–Crippen LogP) is 3.72. The maximum absolute atomic E-state index is 12.5. The normalized spacial score (nSPS) is 19.3. The summed E-state index contributed by atoms with van der Waals surface area (Å²) >= 11 is 6.43. The van der Waals surface area contributed by atoms with Crippen molar-refractivity contribution < 1.29 is 13.2 Å². The molecule has 2 aromatic rings. The third-order valence-electron chi connectivity index (χ3n) is 4.67. The van der Waals surface area contributed by atoms with Gasteiger partial charge in [0.2, 0.25) is 0 Å². The highest BCUT2D eigenvalue weighted by Crippen LogP contribution is 2.30. The van der Waals surface area contributed by atoms with E-state index in [1.165, 1.54) is 6.08 Å². The standard InChI is InChI=1S/C19H21ClN2O3S/c1-12-4-5-16(13(2)10-12)18(23)7-6-17-14(3)21-22(19(17)20)15-8-9-26(24,25)11-15/h4-7,10,15H,8-9,11H2,1-3H3/b7-6+/t15-/m0/s1. The molecule has 1 saturated heterocycles. The van der Waals surface area contributed by atoms with Gasteiger partial charge in [0.15, 0.2) is 15.6 Å². The molecule has 1 fully saturated rings. The van der Waals surface area contributed by atoms with Gasteiger partial charge in [0.25, 0.3) is 0 Å². The highest BCUT2D eigenvalue weighted by molar-refractivity contribution is 7.91. The topological polar surface area (TPSA) is 69.0 Å². The van der Waals surface area contributed by atoms with Crippen LogP contribution in [-0.4, -0.2) is 35.5 Å². The van der Waals surface area contributed by atoms with E-state index in [0.29, 0.717) is 28.4 Å². The number of rotatable bonds is 4. The summed E-state index contributed by atoms with van der Waals surface area (Å²) in [6.07, 6.45) is 3.66. The molecule has 1 aliphatic rings. The molecule has 3 rings (SSSR count). The smallest absolute Gasteiger partial charge is 0.186 e. The van der Waals surface area contributed by atoms with Gasteiger partial charge >= 0.3 is 0 Å². The van der Waals surface area contributed by atoms with Crippen molar-refractivity contribution in [2.24, 2.45) is 0 Å². The molecule has 1 aliphatic heterocycles. The number of halogens is 1. The van der Waals surface area contributed by atoms with Gasteiger partial charge in [-0.2, -0.15) is 5.10 Å². The van der Waals surface area contributed by atoms with E-state index < -0.39 is 9.84 Å². The van der Waals surface area contributed by atoms with Crippen molar-refractivity contribution in [1.29, 1.82) is 0 Å². The van der Waals surface area contributed by atoms with Gasteiger partial charge < -0.3 is 0 Å². The Morgan fingerprint density at radius 3 is 2.65 bits per heavy atom. The van der Waals surface area contributed by atoms with Crippen LogP contribution in [0.15, 0.2) is 24.3 Å². The number of allylic oxidation sites excluding steroid dienone is 1. The Morgan fingerprint density at radius 2 is 2.04 bits per heavy atom. The monoisotopic (exact) mass is 392 g/mol. The van der Waals surface area contributed by atoms with E-state index in [2.05, 4.69) is 5.10 Å². The Balaban J connectivity index is 1.86. The van der Waals surface area contributed by atoms with E-state index >= 15 is 0 Å². The van der Waals surface area contributed by atoms with Crippen molar-refractivity contribution in [3.05, 3.63) is 57.4 Å². The van der Waals surface area contributed by atoms with Gasteiger partial charge in [0.1, 0.15) is 5.15 Å². The van der Waals surface area contributed by atoms with Crippen molar-refractivity contribution >= 4 is 33.3 Å². The molecular weight excluding hydrogens is 372 g/mol. The highest BCUT2D eigenvalue weighted by atomic mass is 35.5. The Labute approximate surface area is 158 Å². The Kier molecular flexibility index (Phi) is 5.08. The second-order valence-electron chi connectivity index (χ2n) is 6.81. The molecule has 0 aliphatic carbocycles. The second-order valence-corrected chi connectivity index (χ2v) is 9.39. The van der Waals surface area contributed by atoms with E-state index in [9.17, 15) is 13.2 Å². The molecule has 138 valence electrons. The average Bonchev–Trinajstić information content (AvgIpc) is 3.04. The molecule has 0 unspecified atom stereocenters. The lowest BCUT2D eigenvalue weighted by atomic mass is 10.0. The number of hydrogen-bond donors (Lipinski definition) is 0. The zero-order valence-corrected chi connectivity index (χ0v) is 16.6. The van der Waals surface area contributed by atoms with Crippen molar-refractivity contribution in [3.8, 4) is 0 Å². The first-order valence-electron chi connectivity index (χ1n) is 8.42. The maximum Gasteiger partial charge on any atom is 0.186 e.